The third-order valence-electron chi connectivity index (χ3n) is 3.04. The zero-order chi connectivity index (χ0) is 13.8. The van der Waals surface area contributed by atoms with E-state index in [2.05, 4.69) is 0 Å². The first-order valence-electron chi connectivity index (χ1n) is 6.43. The maximum absolute atomic E-state index is 13.4. The van der Waals surface area contributed by atoms with E-state index in [1.807, 2.05) is 13.8 Å². The molecule has 2 unspecified atom stereocenters. The van der Waals surface area contributed by atoms with Crippen molar-refractivity contribution in [3.63, 3.8) is 0 Å². The van der Waals surface area contributed by atoms with Crippen molar-refractivity contribution in [2.24, 2.45) is 0 Å². The molecule has 1 aromatic rings. The summed E-state index contributed by atoms with van der Waals surface area (Å²) in [4.78, 5) is 13.8. The number of halogens is 1. The third kappa shape index (κ3) is 3.64. The van der Waals surface area contributed by atoms with Crippen LogP contribution in [-0.4, -0.2) is 36.1 Å². The van der Waals surface area contributed by atoms with E-state index in [0.29, 0.717) is 18.7 Å². The zero-order valence-electron chi connectivity index (χ0n) is 11.2. The van der Waals surface area contributed by atoms with Crippen molar-refractivity contribution in [3.05, 3.63) is 41.7 Å². The quantitative estimate of drug-likeness (QED) is 0.767. The van der Waals surface area contributed by atoms with E-state index in [4.69, 9.17) is 4.74 Å². The van der Waals surface area contributed by atoms with Crippen molar-refractivity contribution in [3.8, 4) is 0 Å². The first-order valence-corrected chi connectivity index (χ1v) is 6.43. The van der Waals surface area contributed by atoms with Gasteiger partial charge in [-0.05, 0) is 26.0 Å². The molecule has 0 aliphatic carbocycles. The second-order valence-corrected chi connectivity index (χ2v) is 4.86. The van der Waals surface area contributed by atoms with Gasteiger partial charge in [0.15, 0.2) is 0 Å². The summed E-state index contributed by atoms with van der Waals surface area (Å²) >= 11 is 0. The van der Waals surface area contributed by atoms with Gasteiger partial charge in [-0.3, -0.25) is 4.79 Å². The number of hydrogen-bond donors (Lipinski definition) is 0. The smallest absolute Gasteiger partial charge is 0.246 e. The van der Waals surface area contributed by atoms with E-state index in [1.165, 1.54) is 18.2 Å². The van der Waals surface area contributed by atoms with Crippen LogP contribution < -0.4 is 0 Å². The Hall–Kier alpha value is -1.68. The first kappa shape index (κ1) is 13.7. The normalized spacial score (nSPS) is 23.8. The third-order valence-corrected chi connectivity index (χ3v) is 3.04. The number of morpholine rings is 1. The second-order valence-electron chi connectivity index (χ2n) is 4.86. The molecule has 0 N–H and O–H groups in total. The molecular formula is C15H18FNO2. The number of amides is 1. The van der Waals surface area contributed by atoms with Crippen LogP contribution in [0.25, 0.3) is 6.08 Å². The Morgan fingerprint density at radius 2 is 1.95 bits per heavy atom. The molecule has 0 saturated carbocycles. The van der Waals surface area contributed by atoms with Gasteiger partial charge in [0.2, 0.25) is 5.91 Å². The fourth-order valence-electron chi connectivity index (χ4n) is 2.23. The summed E-state index contributed by atoms with van der Waals surface area (Å²) in [6, 6.07) is 6.39. The van der Waals surface area contributed by atoms with Crippen LogP contribution in [0.5, 0.6) is 0 Å². The maximum Gasteiger partial charge on any atom is 0.246 e. The Bertz CT molecular complexity index is 477. The standard InChI is InChI=1S/C15H18FNO2/c1-11-9-17(10-12(2)19-11)15(18)8-7-13-5-3-4-6-14(13)16/h3-8,11-12H,9-10H2,1-2H3/b8-7+. The number of benzene rings is 1. The molecule has 19 heavy (non-hydrogen) atoms. The Balaban J connectivity index is 2.03. The maximum atomic E-state index is 13.4. The van der Waals surface area contributed by atoms with Gasteiger partial charge in [-0.15, -0.1) is 0 Å². The minimum atomic E-state index is -0.324. The van der Waals surface area contributed by atoms with Crippen LogP contribution in [0.1, 0.15) is 19.4 Å². The van der Waals surface area contributed by atoms with Gasteiger partial charge in [0.25, 0.3) is 0 Å². The molecule has 2 atom stereocenters. The van der Waals surface area contributed by atoms with Crippen LogP contribution in [0.3, 0.4) is 0 Å². The topological polar surface area (TPSA) is 29.5 Å². The van der Waals surface area contributed by atoms with Gasteiger partial charge < -0.3 is 9.64 Å². The lowest BCUT2D eigenvalue weighted by Crippen LogP contribution is -2.47. The molecule has 1 aromatic carbocycles. The summed E-state index contributed by atoms with van der Waals surface area (Å²) in [6.07, 6.45) is 3.01. The summed E-state index contributed by atoms with van der Waals surface area (Å²) in [5.41, 5.74) is 0.421. The molecule has 4 heteroatoms. The number of hydrogen-bond acceptors (Lipinski definition) is 2. The lowest BCUT2D eigenvalue weighted by molar-refractivity contribution is -0.137. The van der Waals surface area contributed by atoms with E-state index in [1.54, 1.807) is 23.1 Å². The van der Waals surface area contributed by atoms with Crippen LogP contribution in [0, 0.1) is 5.82 Å². The molecule has 1 aliphatic rings. The van der Waals surface area contributed by atoms with E-state index in [9.17, 15) is 9.18 Å². The average Bonchev–Trinajstić information content (AvgIpc) is 2.36. The molecule has 3 nitrogen and oxygen atoms in total. The van der Waals surface area contributed by atoms with Crippen molar-refractivity contribution < 1.29 is 13.9 Å². The Morgan fingerprint density at radius 3 is 2.58 bits per heavy atom. The molecule has 1 aliphatic heterocycles. The highest BCUT2D eigenvalue weighted by Crippen LogP contribution is 2.12. The highest BCUT2D eigenvalue weighted by Gasteiger charge is 2.24. The van der Waals surface area contributed by atoms with Gasteiger partial charge in [0.05, 0.1) is 12.2 Å². The van der Waals surface area contributed by atoms with Crippen LogP contribution in [0.4, 0.5) is 4.39 Å². The number of carbonyl (C=O) groups is 1. The van der Waals surface area contributed by atoms with Gasteiger partial charge >= 0.3 is 0 Å². The van der Waals surface area contributed by atoms with E-state index >= 15 is 0 Å². The zero-order valence-corrected chi connectivity index (χ0v) is 11.2. The van der Waals surface area contributed by atoms with Crippen molar-refractivity contribution >= 4 is 12.0 Å². The molecule has 1 fully saturated rings. The summed E-state index contributed by atoms with van der Waals surface area (Å²) in [5.74, 6) is -0.430. The largest absolute Gasteiger partial charge is 0.372 e. The van der Waals surface area contributed by atoms with E-state index in [-0.39, 0.29) is 23.9 Å². The number of ether oxygens (including phenoxy) is 1. The second kappa shape index (κ2) is 5.97. The summed E-state index contributed by atoms with van der Waals surface area (Å²) in [7, 11) is 0. The highest BCUT2D eigenvalue weighted by atomic mass is 19.1. The van der Waals surface area contributed by atoms with Gasteiger partial charge in [0.1, 0.15) is 5.82 Å². The van der Waals surface area contributed by atoms with Crippen molar-refractivity contribution in [1.29, 1.82) is 0 Å². The Labute approximate surface area is 112 Å². The lowest BCUT2D eigenvalue weighted by Gasteiger charge is -2.34. The summed E-state index contributed by atoms with van der Waals surface area (Å²) in [5, 5.41) is 0. The van der Waals surface area contributed by atoms with Crippen LogP contribution in [0.15, 0.2) is 30.3 Å². The summed E-state index contributed by atoms with van der Waals surface area (Å²) in [6.45, 7) is 5.03. The molecule has 0 radical (unpaired) electrons. The minimum absolute atomic E-state index is 0.0366. The van der Waals surface area contributed by atoms with E-state index < -0.39 is 0 Å². The van der Waals surface area contributed by atoms with Gasteiger partial charge in [0, 0.05) is 24.7 Å². The van der Waals surface area contributed by atoms with Crippen molar-refractivity contribution in [2.75, 3.05) is 13.1 Å². The molecule has 0 aromatic heterocycles. The van der Waals surface area contributed by atoms with Crippen LogP contribution in [0.2, 0.25) is 0 Å². The van der Waals surface area contributed by atoms with Gasteiger partial charge in [-0.25, -0.2) is 4.39 Å². The van der Waals surface area contributed by atoms with E-state index in [0.717, 1.165) is 0 Å². The van der Waals surface area contributed by atoms with Crippen molar-refractivity contribution in [1.82, 2.24) is 4.90 Å². The monoisotopic (exact) mass is 263 g/mol. The fourth-order valence-corrected chi connectivity index (χ4v) is 2.23. The first-order chi connectivity index (χ1) is 9.06. The molecule has 0 bridgehead atoms. The lowest BCUT2D eigenvalue weighted by atomic mass is 10.2. The average molecular weight is 263 g/mol. The van der Waals surface area contributed by atoms with Crippen LogP contribution in [-0.2, 0) is 9.53 Å². The number of nitrogens with zero attached hydrogens (tertiary/aromatic N) is 1. The molecular weight excluding hydrogens is 245 g/mol. The Kier molecular flexibility index (Phi) is 4.32. The molecule has 102 valence electrons. The molecule has 2 rings (SSSR count). The molecule has 1 heterocycles. The Morgan fingerprint density at radius 1 is 1.32 bits per heavy atom. The van der Waals surface area contributed by atoms with Gasteiger partial charge in [-0.2, -0.15) is 0 Å². The fraction of sp³-hybridized carbons (Fsp3) is 0.400. The number of rotatable bonds is 2. The SMILES string of the molecule is CC1CN(C(=O)/C=C/c2ccccc2F)CC(C)O1. The molecule has 0 spiro atoms. The van der Waals surface area contributed by atoms with Gasteiger partial charge in [-0.1, -0.05) is 18.2 Å². The predicted octanol–water partition coefficient (Wildman–Crippen LogP) is 2.47. The highest BCUT2D eigenvalue weighted by molar-refractivity contribution is 5.91. The predicted molar refractivity (Wildman–Crippen MR) is 72.0 cm³/mol. The minimum Gasteiger partial charge on any atom is -0.372 e. The molecule has 1 saturated heterocycles. The van der Waals surface area contributed by atoms with Crippen LogP contribution >= 0.6 is 0 Å². The number of carbonyl (C=O) groups excluding carboxylic acids is 1. The molecule has 1 amide bonds. The summed E-state index contributed by atoms with van der Waals surface area (Å²) < 4.78 is 19.0. The van der Waals surface area contributed by atoms with Crippen molar-refractivity contribution in [2.45, 2.75) is 26.1 Å².